The number of hydrogen-bond acceptors (Lipinski definition) is 4. The molecule has 0 saturated carbocycles. The zero-order valence-electron chi connectivity index (χ0n) is 12.2. The Hall–Kier alpha value is -0.110. The van der Waals surface area contributed by atoms with E-state index >= 15 is 0 Å². The highest BCUT2D eigenvalue weighted by Gasteiger charge is 2.13. The van der Waals surface area contributed by atoms with Crippen LogP contribution in [0.15, 0.2) is 21.1 Å². The van der Waals surface area contributed by atoms with Gasteiger partial charge in [-0.15, -0.1) is 0 Å². The number of halogens is 2. The molecule has 1 aromatic carbocycles. The van der Waals surface area contributed by atoms with E-state index in [1.807, 2.05) is 26.0 Å². The summed E-state index contributed by atoms with van der Waals surface area (Å²) in [5.41, 5.74) is 6.88. The third-order valence-electron chi connectivity index (χ3n) is 2.77. The zero-order chi connectivity index (χ0) is 16.0. The number of ether oxygens (including phenoxy) is 1. The Morgan fingerprint density at radius 1 is 1.24 bits per heavy atom. The Bertz CT molecular complexity index is 551. The fourth-order valence-electron chi connectivity index (χ4n) is 1.92. The Balaban J connectivity index is 2.72. The largest absolute Gasteiger partial charge is 0.490 e. The molecular weight excluding hydrogens is 422 g/mol. The molecule has 0 heterocycles. The molecule has 0 aliphatic carbocycles. The molecule has 0 fully saturated rings. The van der Waals surface area contributed by atoms with Crippen LogP contribution in [0.2, 0.25) is 0 Å². The summed E-state index contributed by atoms with van der Waals surface area (Å²) in [5.74, 6) is 0.850. The van der Waals surface area contributed by atoms with Gasteiger partial charge in [0.25, 0.3) is 0 Å². The third kappa shape index (κ3) is 6.67. The molecule has 0 spiro atoms. The van der Waals surface area contributed by atoms with Gasteiger partial charge in [0.15, 0.2) is 9.84 Å². The van der Waals surface area contributed by atoms with Gasteiger partial charge in [0.1, 0.15) is 12.4 Å². The first-order valence-corrected chi connectivity index (χ1v) is 10.2. The molecule has 0 aromatic heterocycles. The molecule has 1 rings (SSSR count). The van der Waals surface area contributed by atoms with Gasteiger partial charge >= 0.3 is 0 Å². The number of benzene rings is 1. The van der Waals surface area contributed by atoms with Crippen LogP contribution in [0.3, 0.4) is 0 Å². The van der Waals surface area contributed by atoms with Crippen molar-refractivity contribution in [1.82, 2.24) is 0 Å². The summed E-state index contributed by atoms with van der Waals surface area (Å²) in [6, 6.07) is 3.98. The van der Waals surface area contributed by atoms with Crippen molar-refractivity contribution in [2.75, 3.05) is 18.1 Å². The predicted octanol–water partition coefficient (Wildman–Crippen LogP) is 3.30. The molecule has 0 radical (unpaired) electrons. The van der Waals surface area contributed by atoms with Crippen LogP contribution in [0.25, 0.3) is 0 Å². The van der Waals surface area contributed by atoms with E-state index in [1.54, 1.807) is 0 Å². The average molecular weight is 443 g/mol. The first-order valence-electron chi connectivity index (χ1n) is 6.82. The highest BCUT2D eigenvalue weighted by molar-refractivity contribution is 9.11. The minimum absolute atomic E-state index is 0.0291. The van der Waals surface area contributed by atoms with Crippen LogP contribution in [0, 0.1) is 0 Å². The first-order chi connectivity index (χ1) is 9.75. The van der Waals surface area contributed by atoms with Crippen LogP contribution in [0.5, 0.6) is 5.75 Å². The van der Waals surface area contributed by atoms with Crippen LogP contribution in [0.4, 0.5) is 0 Å². The van der Waals surface area contributed by atoms with Crippen molar-refractivity contribution < 1.29 is 13.2 Å². The Morgan fingerprint density at radius 2 is 1.81 bits per heavy atom. The van der Waals surface area contributed by atoms with E-state index in [1.165, 1.54) is 0 Å². The van der Waals surface area contributed by atoms with E-state index in [-0.39, 0.29) is 24.2 Å². The van der Waals surface area contributed by atoms with E-state index in [0.29, 0.717) is 12.2 Å². The smallest absolute Gasteiger partial charge is 0.153 e. The zero-order valence-corrected chi connectivity index (χ0v) is 16.2. The second-order valence-electron chi connectivity index (χ2n) is 5.07. The SMILES string of the molecule is CCCS(=O)(=O)CCOc1c(Br)cc(CC(C)N)cc1Br. The van der Waals surface area contributed by atoms with Crippen LogP contribution < -0.4 is 10.5 Å². The van der Waals surface area contributed by atoms with Crippen molar-refractivity contribution in [3.63, 3.8) is 0 Å². The summed E-state index contributed by atoms with van der Waals surface area (Å²) in [5, 5.41) is 0. The standard InChI is InChI=1S/C14H21Br2NO3S/c1-3-5-21(18,19)6-4-20-14-12(15)8-11(7-10(2)17)9-13(14)16/h8-10H,3-7,17H2,1-2H3. The molecule has 4 nitrogen and oxygen atoms in total. The van der Waals surface area contributed by atoms with Crippen molar-refractivity contribution in [2.24, 2.45) is 5.73 Å². The molecule has 0 aliphatic heterocycles. The summed E-state index contributed by atoms with van der Waals surface area (Å²) in [7, 11) is -3.02. The van der Waals surface area contributed by atoms with E-state index in [2.05, 4.69) is 31.9 Å². The van der Waals surface area contributed by atoms with Crippen LogP contribution in [0.1, 0.15) is 25.8 Å². The lowest BCUT2D eigenvalue weighted by molar-refractivity contribution is 0.336. The third-order valence-corrected chi connectivity index (χ3v) is 5.77. The molecule has 0 aliphatic rings. The molecule has 21 heavy (non-hydrogen) atoms. The van der Waals surface area contributed by atoms with E-state index in [4.69, 9.17) is 10.5 Å². The normalized spacial score (nSPS) is 13.2. The Labute approximate surface area is 143 Å². The predicted molar refractivity (Wildman–Crippen MR) is 93.6 cm³/mol. The van der Waals surface area contributed by atoms with Gasteiger partial charge in [-0.1, -0.05) is 6.92 Å². The van der Waals surface area contributed by atoms with Gasteiger partial charge in [-0.2, -0.15) is 0 Å². The van der Waals surface area contributed by atoms with Crippen LogP contribution in [-0.4, -0.2) is 32.6 Å². The summed E-state index contributed by atoms with van der Waals surface area (Å²) in [4.78, 5) is 0. The van der Waals surface area contributed by atoms with Gasteiger partial charge in [-0.3, -0.25) is 0 Å². The van der Waals surface area contributed by atoms with Gasteiger partial charge in [0, 0.05) is 6.04 Å². The lowest BCUT2D eigenvalue weighted by atomic mass is 10.1. The molecular formula is C14H21Br2NO3S. The monoisotopic (exact) mass is 441 g/mol. The minimum atomic E-state index is -3.02. The lowest BCUT2D eigenvalue weighted by Crippen LogP contribution is -2.18. The quantitative estimate of drug-likeness (QED) is 0.670. The molecule has 2 N–H and O–H groups in total. The van der Waals surface area contributed by atoms with Crippen molar-refractivity contribution in [3.8, 4) is 5.75 Å². The summed E-state index contributed by atoms with van der Waals surface area (Å²) < 4.78 is 30.5. The van der Waals surface area contributed by atoms with Gasteiger partial charge in [0.05, 0.1) is 20.5 Å². The van der Waals surface area contributed by atoms with E-state index in [0.717, 1.165) is 20.9 Å². The summed E-state index contributed by atoms with van der Waals surface area (Å²) in [6.07, 6.45) is 1.39. The number of hydrogen-bond donors (Lipinski definition) is 1. The number of rotatable bonds is 8. The summed E-state index contributed by atoms with van der Waals surface area (Å²) in [6.45, 7) is 3.94. The first kappa shape index (κ1) is 18.9. The maximum absolute atomic E-state index is 11.6. The van der Waals surface area contributed by atoms with Gasteiger partial charge in [-0.05, 0) is 69.3 Å². The minimum Gasteiger partial charge on any atom is -0.490 e. The van der Waals surface area contributed by atoms with Crippen LogP contribution >= 0.6 is 31.9 Å². The van der Waals surface area contributed by atoms with E-state index < -0.39 is 9.84 Å². The summed E-state index contributed by atoms with van der Waals surface area (Å²) >= 11 is 6.91. The molecule has 120 valence electrons. The van der Waals surface area contributed by atoms with Gasteiger partial charge < -0.3 is 10.5 Å². The number of nitrogens with two attached hydrogens (primary N) is 1. The topological polar surface area (TPSA) is 69.4 Å². The second kappa shape index (κ2) is 8.50. The average Bonchev–Trinajstić information content (AvgIpc) is 2.31. The molecule has 7 heteroatoms. The molecule has 0 amide bonds. The fourth-order valence-corrected chi connectivity index (χ4v) is 4.60. The Kier molecular flexibility index (Phi) is 7.67. The van der Waals surface area contributed by atoms with Crippen LogP contribution in [-0.2, 0) is 16.3 Å². The van der Waals surface area contributed by atoms with Gasteiger partial charge in [0.2, 0.25) is 0 Å². The van der Waals surface area contributed by atoms with Crippen molar-refractivity contribution in [1.29, 1.82) is 0 Å². The molecule has 0 saturated heterocycles. The highest BCUT2D eigenvalue weighted by atomic mass is 79.9. The maximum atomic E-state index is 11.6. The van der Waals surface area contributed by atoms with Crippen molar-refractivity contribution in [3.05, 3.63) is 26.6 Å². The molecule has 0 bridgehead atoms. The molecule has 1 atom stereocenters. The highest BCUT2D eigenvalue weighted by Crippen LogP contribution is 2.35. The van der Waals surface area contributed by atoms with E-state index in [9.17, 15) is 8.42 Å². The van der Waals surface area contributed by atoms with Crippen molar-refractivity contribution in [2.45, 2.75) is 32.7 Å². The molecule has 1 aromatic rings. The van der Waals surface area contributed by atoms with Gasteiger partial charge in [-0.25, -0.2) is 8.42 Å². The molecule has 1 unspecified atom stereocenters. The lowest BCUT2D eigenvalue weighted by Gasteiger charge is -2.13. The fraction of sp³-hybridized carbons (Fsp3) is 0.571. The number of sulfone groups is 1. The Morgan fingerprint density at radius 3 is 2.29 bits per heavy atom. The van der Waals surface area contributed by atoms with Crippen molar-refractivity contribution >= 4 is 41.7 Å². The second-order valence-corrected chi connectivity index (χ2v) is 9.08. The maximum Gasteiger partial charge on any atom is 0.153 e.